The molecule has 2 saturated heterocycles. The molecule has 0 aromatic heterocycles. The van der Waals surface area contributed by atoms with E-state index in [1.807, 2.05) is 41.3 Å². The Labute approximate surface area is 184 Å². The summed E-state index contributed by atoms with van der Waals surface area (Å²) in [4.78, 5) is 33.0. The molecule has 1 atom stereocenters. The minimum absolute atomic E-state index is 0.0632. The smallest absolute Gasteiger partial charge is 0.250 e. The molecular formula is C26H31N3O2. The maximum absolute atomic E-state index is 13.8. The molecule has 1 saturated carbocycles. The number of carbonyl (C=O) groups excluding carboxylic acids is 2. The number of hydrogen-bond donors (Lipinski definition) is 0. The zero-order valence-corrected chi connectivity index (χ0v) is 18.1. The van der Waals surface area contributed by atoms with Gasteiger partial charge in [-0.15, -0.1) is 0 Å². The van der Waals surface area contributed by atoms with Crippen LogP contribution in [0, 0.1) is 0 Å². The summed E-state index contributed by atoms with van der Waals surface area (Å²) < 4.78 is 0. The van der Waals surface area contributed by atoms with Crippen molar-refractivity contribution in [3.63, 3.8) is 0 Å². The molecular weight excluding hydrogens is 386 g/mol. The molecule has 1 amide bonds. The first-order valence-electron chi connectivity index (χ1n) is 11.6. The van der Waals surface area contributed by atoms with Gasteiger partial charge in [0.15, 0.2) is 0 Å². The Bertz CT molecular complexity index is 922. The number of para-hydroxylation sites is 1. The zero-order valence-electron chi connectivity index (χ0n) is 18.1. The number of Topliss-reactive ketones (excluding diaryl/α,β-unsaturated/α-hetero) is 1. The van der Waals surface area contributed by atoms with Crippen LogP contribution in [0.3, 0.4) is 0 Å². The molecule has 2 aromatic rings. The van der Waals surface area contributed by atoms with Gasteiger partial charge in [0.25, 0.3) is 0 Å². The molecule has 2 heterocycles. The van der Waals surface area contributed by atoms with Gasteiger partial charge in [0.1, 0.15) is 11.3 Å². The molecule has 2 aromatic carbocycles. The van der Waals surface area contributed by atoms with Crippen molar-refractivity contribution in [3.8, 4) is 0 Å². The lowest BCUT2D eigenvalue weighted by molar-refractivity contribution is -0.135. The molecule has 0 bridgehead atoms. The molecule has 162 valence electrons. The zero-order chi connectivity index (χ0) is 21.3. The fourth-order valence-corrected chi connectivity index (χ4v) is 5.68. The number of amides is 1. The molecule has 1 unspecified atom stereocenters. The number of carbonyl (C=O) groups is 2. The molecule has 5 heteroatoms. The summed E-state index contributed by atoms with van der Waals surface area (Å²) in [7, 11) is 0. The van der Waals surface area contributed by atoms with Crippen LogP contribution in [0.15, 0.2) is 60.7 Å². The Morgan fingerprint density at radius 1 is 0.871 bits per heavy atom. The number of ketones is 1. The third-order valence-corrected chi connectivity index (χ3v) is 7.39. The molecule has 5 rings (SSSR count). The highest BCUT2D eigenvalue weighted by atomic mass is 16.2. The third-order valence-electron chi connectivity index (χ3n) is 7.39. The average molecular weight is 418 g/mol. The number of anilines is 1. The number of piperidine rings is 1. The number of rotatable bonds is 4. The van der Waals surface area contributed by atoms with Crippen LogP contribution in [0.1, 0.15) is 44.1 Å². The Hall–Kier alpha value is -2.66. The van der Waals surface area contributed by atoms with E-state index in [0.29, 0.717) is 25.4 Å². The highest BCUT2D eigenvalue weighted by molar-refractivity contribution is 5.93. The minimum Gasteiger partial charge on any atom is -0.339 e. The summed E-state index contributed by atoms with van der Waals surface area (Å²) in [5, 5.41) is 0. The maximum atomic E-state index is 13.8. The highest BCUT2D eigenvalue weighted by Gasteiger charge is 2.54. The van der Waals surface area contributed by atoms with Gasteiger partial charge in [-0.1, -0.05) is 55.0 Å². The van der Waals surface area contributed by atoms with E-state index in [1.165, 1.54) is 0 Å². The number of hydrogen-bond acceptors (Lipinski definition) is 4. The van der Waals surface area contributed by atoms with Gasteiger partial charge >= 0.3 is 0 Å². The lowest BCUT2D eigenvalue weighted by Gasteiger charge is -2.45. The highest BCUT2D eigenvalue weighted by Crippen LogP contribution is 2.40. The summed E-state index contributed by atoms with van der Waals surface area (Å²) in [5.41, 5.74) is 1.75. The van der Waals surface area contributed by atoms with Crippen molar-refractivity contribution in [2.45, 2.75) is 56.7 Å². The van der Waals surface area contributed by atoms with Crippen molar-refractivity contribution >= 4 is 17.4 Å². The first-order valence-corrected chi connectivity index (χ1v) is 11.6. The topological polar surface area (TPSA) is 43.9 Å². The molecule has 1 aliphatic carbocycles. The second kappa shape index (κ2) is 8.46. The van der Waals surface area contributed by atoms with Gasteiger partial charge in [-0.3, -0.25) is 14.5 Å². The summed E-state index contributed by atoms with van der Waals surface area (Å²) in [5.74, 6) is 0.625. The van der Waals surface area contributed by atoms with Gasteiger partial charge in [0.05, 0.1) is 12.7 Å². The van der Waals surface area contributed by atoms with Crippen LogP contribution in [0.25, 0.3) is 0 Å². The molecule has 0 radical (unpaired) electrons. The standard InChI is InChI=1S/C26H31N3O2/c30-24-14-8-7-13-23(24)27-17-15-26(16-18-27)25(31)28(19-21-9-3-1-4-10-21)20-29(26)22-11-5-2-6-12-22/h1-6,9-12,23H,7-8,13-20H2. The fourth-order valence-electron chi connectivity index (χ4n) is 5.68. The molecule has 0 N–H and O–H groups in total. The Morgan fingerprint density at radius 3 is 2.23 bits per heavy atom. The average Bonchev–Trinajstić information content (AvgIpc) is 3.07. The molecule has 3 aliphatic rings. The van der Waals surface area contributed by atoms with E-state index >= 15 is 0 Å². The lowest BCUT2D eigenvalue weighted by atomic mass is 9.83. The molecule has 1 spiro atoms. The SMILES string of the molecule is O=C1CCCCC1N1CCC2(CC1)C(=O)N(Cc1ccccc1)CN2c1ccccc1. The molecule has 5 nitrogen and oxygen atoms in total. The monoisotopic (exact) mass is 417 g/mol. The van der Waals surface area contributed by atoms with Crippen LogP contribution < -0.4 is 4.90 Å². The van der Waals surface area contributed by atoms with Crippen molar-refractivity contribution in [1.82, 2.24) is 9.80 Å². The second-order valence-electron chi connectivity index (χ2n) is 9.19. The quantitative estimate of drug-likeness (QED) is 0.758. The van der Waals surface area contributed by atoms with Crippen LogP contribution in [-0.2, 0) is 16.1 Å². The predicted molar refractivity (Wildman–Crippen MR) is 122 cm³/mol. The van der Waals surface area contributed by atoms with Gasteiger partial charge in [-0.2, -0.15) is 0 Å². The summed E-state index contributed by atoms with van der Waals surface area (Å²) in [6.45, 7) is 2.87. The van der Waals surface area contributed by atoms with Crippen LogP contribution >= 0.6 is 0 Å². The van der Waals surface area contributed by atoms with Crippen molar-refractivity contribution < 1.29 is 9.59 Å². The number of nitrogens with zero attached hydrogens (tertiary/aromatic N) is 3. The van der Waals surface area contributed by atoms with E-state index in [1.54, 1.807) is 0 Å². The minimum atomic E-state index is -0.510. The van der Waals surface area contributed by atoms with Gasteiger partial charge < -0.3 is 9.80 Å². The van der Waals surface area contributed by atoms with Crippen LogP contribution in [0.4, 0.5) is 5.69 Å². The molecule has 3 fully saturated rings. The maximum Gasteiger partial charge on any atom is 0.250 e. The fraction of sp³-hybridized carbons (Fsp3) is 0.462. The van der Waals surface area contributed by atoms with E-state index in [-0.39, 0.29) is 11.9 Å². The largest absolute Gasteiger partial charge is 0.339 e. The Kier molecular flexibility index (Phi) is 5.53. The first-order chi connectivity index (χ1) is 15.2. The third kappa shape index (κ3) is 3.76. The van der Waals surface area contributed by atoms with Crippen molar-refractivity contribution in [2.24, 2.45) is 0 Å². The van der Waals surface area contributed by atoms with Gasteiger partial charge in [0, 0.05) is 31.7 Å². The van der Waals surface area contributed by atoms with E-state index in [9.17, 15) is 9.59 Å². The Morgan fingerprint density at radius 2 is 1.55 bits per heavy atom. The second-order valence-corrected chi connectivity index (χ2v) is 9.19. The van der Waals surface area contributed by atoms with Crippen LogP contribution in [-0.4, -0.2) is 52.8 Å². The van der Waals surface area contributed by atoms with Crippen LogP contribution in [0.5, 0.6) is 0 Å². The molecule has 31 heavy (non-hydrogen) atoms. The summed E-state index contributed by atoms with van der Waals surface area (Å²) in [6.07, 6.45) is 5.40. The van der Waals surface area contributed by atoms with Crippen molar-refractivity contribution in [2.75, 3.05) is 24.7 Å². The first kappa shape index (κ1) is 20.3. The van der Waals surface area contributed by atoms with E-state index in [0.717, 1.165) is 56.4 Å². The van der Waals surface area contributed by atoms with Crippen molar-refractivity contribution in [3.05, 3.63) is 66.2 Å². The predicted octanol–water partition coefficient (Wildman–Crippen LogP) is 3.84. The molecule has 2 aliphatic heterocycles. The summed E-state index contributed by atoms with van der Waals surface area (Å²) in [6, 6.07) is 20.6. The number of benzene rings is 2. The van der Waals surface area contributed by atoms with E-state index in [2.05, 4.69) is 34.1 Å². The van der Waals surface area contributed by atoms with Gasteiger partial charge in [-0.05, 0) is 43.4 Å². The van der Waals surface area contributed by atoms with E-state index in [4.69, 9.17) is 0 Å². The van der Waals surface area contributed by atoms with Crippen LogP contribution in [0.2, 0.25) is 0 Å². The lowest BCUT2D eigenvalue weighted by Crippen LogP contribution is -2.59. The summed E-state index contributed by atoms with van der Waals surface area (Å²) >= 11 is 0. The number of likely N-dealkylation sites (tertiary alicyclic amines) is 1. The van der Waals surface area contributed by atoms with Gasteiger partial charge in [0.2, 0.25) is 5.91 Å². The van der Waals surface area contributed by atoms with Crippen molar-refractivity contribution in [1.29, 1.82) is 0 Å². The van der Waals surface area contributed by atoms with Gasteiger partial charge in [-0.25, -0.2) is 0 Å². The Balaban J connectivity index is 1.39. The van der Waals surface area contributed by atoms with E-state index < -0.39 is 5.54 Å². The normalized spacial score (nSPS) is 24.2.